The number of nitrogens with zero attached hydrogens (tertiary/aromatic N) is 2. The van der Waals surface area contributed by atoms with Crippen LogP contribution >= 0.6 is 11.6 Å². The first-order valence-corrected chi connectivity index (χ1v) is 10.7. The van der Waals surface area contributed by atoms with Gasteiger partial charge < -0.3 is 4.57 Å². The minimum absolute atomic E-state index is 0.163. The Morgan fingerprint density at radius 2 is 1.89 bits per heavy atom. The van der Waals surface area contributed by atoms with Gasteiger partial charge in [-0.1, -0.05) is 17.7 Å². The maximum atomic E-state index is 12.7. The average Bonchev–Trinajstić information content (AvgIpc) is 3.06. The Morgan fingerprint density at radius 1 is 1.11 bits per heavy atom. The lowest BCUT2D eigenvalue weighted by Gasteiger charge is -2.09. The highest BCUT2D eigenvalue weighted by molar-refractivity contribution is 7.92. The van der Waals surface area contributed by atoms with Crippen molar-refractivity contribution in [1.29, 1.82) is 0 Å². The highest BCUT2D eigenvalue weighted by Crippen LogP contribution is 2.33. The molecule has 5 nitrogen and oxygen atoms in total. The van der Waals surface area contributed by atoms with E-state index in [9.17, 15) is 8.42 Å². The van der Waals surface area contributed by atoms with Crippen LogP contribution in [0.25, 0.3) is 22.0 Å². The van der Waals surface area contributed by atoms with E-state index in [1.54, 1.807) is 30.6 Å². The van der Waals surface area contributed by atoms with E-state index in [4.69, 9.17) is 11.6 Å². The number of rotatable bonds is 5. The SMILES string of the molecule is CCn1cc(-c2cccnc2)c2cc(NS(=O)(=O)c3ccc(Cl)cc3)ccc21. The van der Waals surface area contributed by atoms with Crippen LogP contribution in [0.5, 0.6) is 0 Å². The Hall–Kier alpha value is -2.83. The van der Waals surface area contributed by atoms with Gasteiger partial charge in [0.2, 0.25) is 0 Å². The fraction of sp³-hybridized carbons (Fsp3) is 0.0952. The number of pyridine rings is 1. The zero-order chi connectivity index (χ0) is 19.7. The monoisotopic (exact) mass is 411 g/mol. The summed E-state index contributed by atoms with van der Waals surface area (Å²) in [5.74, 6) is 0. The van der Waals surface area contributed by atoms with Crippen molar-refractivity contribution in [3.8, 4) is 11.1 Å². The van der Waals surface area contributed by atoms with E-state index < -0.39 is 10.0 Å². The smallest absolute Gasteiger partial charge is 0.261 e. The minimum Gasteiger partial charge on any atom is -0.347 e. The van der Waals surface area contributed by atoms with E-state index in [0.717, 1.165) is 28.6 Å². The lowest BCUT2D eigenvalue weighted by atomic mass is 10.1. The van der Waals surface area contributed by atoms with Gasteiger partial charge >= 0.3 is 0 Å². The molecule has 142 valence electrons. The van der Waals surface area contributed by atoms with Gasteiger partial charge in [0, 0.05) is 57.9 Å². The van der Waals surface area contributed by atoms with Gasteiger partial charge in [0.15, 0.2) is 0 Å². The predicted octanol–water partition coefficient (Wildman–Crippen LogP) is 5.18. The third-order valence-corrected chi connectivity index (χ3v) is 6.22. The number of hydrogen-bond acceptors (Lipinski definition) is 3. The summed E-state index contributed by atoms with van der Waals surface area (Å²) in [4.78, 5) is 4.36. The van der Waals surface area contributed by atoms with E-state index in [2.05, 4.69) is 27.4 Å². The van der Waals surface area contributed by atoms with E-state index >= 15 is 0 Å². The molecule has 0 aliphatic heterocycles. The van der Waals surface area contributed by atoms with Crippen LogP contribution in [-0.2, 0) is 16.6 Å². The quantitative estimate of drug-likeness (QED) is 0.492. The van der Waals surface area contributed by atoms with Gasteiger partial charge in [-0.3, -0.25) is 9.71 Å². The van der Waals surface area contributed by atoms with Crippen molar-refractivity contribution in [2.75, 3.05) is 4.72 Å². The molecule has 0 saturated heterocycles. The van der Waals surface area contributed by atoms with Crippen LogP contribution in [-0.4, -0.2) is 18.0 Å². The molecule has 0 amide bonds. The molecule has 0 radical (unpaired) electrons. The fourth-order valence-electron chi connectivity index (χ4n) is 3.20. The predicted molar refractivity (Wildman–Crippen MR) is 113 cm³/mol. The molecule has 0 unspecified atom stereocenters. The molecule has 4 aromatic rings. The van der Waals surface area contributed by atoms with Crippen molar-refractivity contribution in [2.45, 2.75) is 18.4 Å². The first kappa shape index (κ1) is 18.5. The standard InChI is InChI=1S/C21H18ClN3O2S/c1-2-25-14-20(15-4-3-11-23-13-15)19-12-17(7-10-21(19)25)24-28(26,27)18-8-5-16(22)6-9-18/h3-14,24H,2H2,1H3. The second kappa shape index (κ2) is 7.30. The van der Waals surface area contributed by atoms with Crippen molar-refractivity contribution < 1.29 is 8.42 Å². The summed E-state index contributed by atoms with van der Waals surface area (Å²) < 4.78 is 30.2. The largest absolute Gasteiger partial charge is 0.347 e. The Kier molecular flexibility index (Phi) is 4.83. The maximum absolute atomic E-state index is 12.7. The number of benzene rings is 2. The third-order valence-electron chi connectivity index (χ3n) is 4.57. The van der Waals surface area contributed by atoms with E-state index in [1.165, 1.54) is 12.1 Å². The van der Waals surface area contributed by atoms with Crippen molar-refractivity contribution in [2.24, 2.45) is 0 Å². The van der Waals surface area contributed by atoms with E-state index in [0.29, 0.717) is 10.7 Å². The molecular weight excluding hydrogens is 394 g/mol. The molecule has 0 aliphatic rings. The number of hydrogen-bond donors (Lipinski definition) is 1. The highest BCUT2D eigenvalue weighted by Gasteiger charge is 2.16. The molecular formula is C21H18ClN3O2S. The second-order valence-corrected chi connectivity index (χ2v) is 8.48. The Balaban J connectivity index is 1.78. The Morgan fingerprint density at radius 3 is 2.57 bits per heavy atom. The first-order chi connectivity index (χ1) is 13.5. The van der Waals surface area contributed by atoms with Crippen LogP contribution in [0.4, 0.5) is 5.69 Å². The molecule has 0 atom stereocenters. The topological polar surface area (TPSA) is 64.0 Å². The van der Waals surface area contributed by atoms with Crippen molar-refractivity contribution in [3.05, 3.63) is 78.2 Å². The molecule has 0 bridgehead atoms. The fourth-order valence-corrected chi connectivity index (χ4v) is 4.38. The van der Waals surface area contributed by atoms with Gasteiger partial charge in [0.05, 0.1) is 4.90 Å². The van der Waals surface area contributed by atoms with Crippen molar-refractivity contribution >= 4 is 38.2 Å². The summed E-state index contributed by atoms with van der Waals surface area (Å²) >= 11 is 5.86. The molecule has 7 heteroatoms. The van der Waals surface area contributed by atoms with Gasteiger partial charge in [-0.25, -0.2) is 8.42 Å². The summed E-state index contributed by atoms with van der Waals surface area (Å²) in [6, 6.07) is 15.5. The van der Waals surface area contributed by atoms with Crippen LogP contribution in [0.1, 0.15) is 6.92 Å². The minimum atomic E-state index is -3.70. The summed E-state index contributed by atoms with van der Waals surface area (Å²) in [5.41, 5.74) is 3.53. The van der Waals surface area contributed by atoms with Crippen LogP contribution in [0.2, 0.25) is 5.02 Å². The highest BCUT2D eigenvalue weighted by atomic mass is 35.5. The molecule has 28 heavy (non-hydrogen) atoms. The molecule has 0 spiro atoms. The van der Waals surface area contributed by atoms with Gasteiger partial charge in [0.1, 0.15) is 0 Å². The lowest BCUT2D eigenvalue weighted by molar-refractivity contribution is 0.601. The number of halogens is 1. The van der Waals surface area contributed by atoms with Crippen molar-refractivity contribution in [1.82, 2.24) is 9.55 Å². The van der Waals surface area contributed by atoms with Crippen LogP contribution in [0.3, 0.4) is 0 Å². The van der Waals surface area contributed by atoms with Gasteiger partial charge in [-0.05, 0) is 55.5 Å². The van der Waals surface area contributed by atoms with Gasteiger partial charge in [0.25, 0.3) is 10.0 Å². The first-order valence-electron chi connectivity index (χ1n) is 8.79. The average molecular weight is 412 g/mol. The summed E-state index contributed by atoms with van der Waals surface area (Å²) in [5, 5.41) is 1.45. The number of nitrogens with one attached hydrogen (secondary N) is 1. The molecule has 0 fully saturated rings. The zero-order valence-electron chi connectivity index (χ0n) is 15.1. The molecule has 1 N–H and O–H groups in total. The van der Waals surface area contributed by atoms with Crippen molar-refractivity contribution in [3.63, 3.8) is 0 Å². The number of aromatic nitrogens is 2. The van der Waals surface area contributed by atoms with Gasteiger partial charge in [-0.2, -0.15) is 0 Å². The summed E-state index contributed by atoms with van der Waals surface area (Å²) in [6.45, 7) is 2.89. The summed E-state index contributed by atoms with van der Waals surface area (Å²) in [6.07, 6.45) is 5.60. The molecule has 2 aromatic heterocycles. The molecule has 4 rings (SSSR count). The zero-order valence-corrected chi connectivity index (χ0v) is 16.7. The molecule has 0 aliphatic carbocycles. The van der Waals surface area contributed by atoms with E-state index in [1.807, 2.05) is 24.3 Å². The third kappa shape index (κ3) is 3.48. The normalized spacial score (nSPS) is 11.6. The maximum Gasteiger partial charge on any atom is 0.261 e. The lowest BCUT2D eigenvalue weighted by Crippen LogP contribution is -2.12. The summed E-state index contributed by atoms with van der Waals surface area (Å²) in [7, 11) is -3.70. The Bertz CT molecular complexity index is 1230. The van der Waals surface area contributed by atoms with E-state index in [-0.39, 0.29) is 4.90 Å². The van der Waals surface area contributed by atoms with Crippen LogP contribution < -0.4 is 4.72 Å². The Labute approximate surface area is 168 Å². The van der Waals surface area contributed by atoms with Crippen LogP contribution in [0, 0.1) is 0 Å². The number of aryl methyl sites for hydroxylation is 1. The molecule has 0 saturated carbocycles. The number of sulfonamides is 1. The number of anilines is 1. The van der Waals surface area contributed by atoms with Gasteiger partial charge in [-0.15, -0.1) is 0 Å². The molecule has 2 heterocycles. The second-order valence-electron chi connectivity index (χ2n) is 6.36. The molecule has 2 aromatic carbocycles. The van der Waals surface area contributed by atoms with Crippen LogP contribution in [0.15, 0.2) is 78.1 Å². The number of fused-ring (bicyclic) bond motifs is 1.